The maximum absolute atomic E-state index is 11.6. The Balaban J connectivity index is 1.80. The molecule has 0 bridgehead atoms. The van der Waals surface area contributed by atoms with E-state index in [2.05, 4.69) is 21.9 Å². The van der Waals surface area contributed by atoms with Gasteiger partial charge in [0.15, 0.2) is 0 Å². The van der Waals surface area contributed by atoms with Gasteiger partial charge in [0.25, 0.3) is 0 Å². The van der Waals surface area contributed by atoms with Crippen molar-refractivity contribution in [3.63, 3.8) is 0 Å². The fourth-order valence-corrected chi connectivity index (χ4v) is 2.60. The highest BCUT2D eigenvalue weighted by Crippen LogP contribution is 2.21. The molecule has 0 spiro atoms. The van der Waals surface area contributed by atoms with Gasteiger partial charge in [-0.15, -0.1) is 0 Å². The number of piperidine rings is 1. The molecule has 1 aliphatic rings. The van der Waals surface area contributed by atoms with Gasteiger partial charge in [-0.25, -0.2) is 0 Å². The number of hydrogen-bond donors (Lipinski definition) is 2. The van der Waals surface area contributed by atoms with Gasteiger partial charge in [-0.3, -0.25) is 9.48 Å². The van der Waals surface area contributed by atoms with Gasteiger partial charge in [-0.2, -0.15) is 5.10 Å². The van der Waals surface area contributed by atoms with E-state index in [9.17, 15) is 4.79 Å². The highest BCUT2D eigenvalue weighted by molar-refractivity contribution is 5.81. The summed E-state index contributed by atoms with van der Waals surface area (Å²) in [5.74, 6) is 0.745. The second kappa shape index (κ2) is 6.00. The third-order valence-corrected chi connectivity index (χ3v) is 3.67. The van der Waals surface area contributed by atoms with Gasteiger partial charge in [0, 0.05) is 20.3 Å². The summed E-state index contributed by atoms with van der Waals surface area (Å²) in [7, 11) is 3.64. The summed E-state index contributed by atoms with van der Waals surface area (Å²) < 4.78 is 1.84. The molecule has 2 heterocycles. The summed E-state index contributed by atoms with van der Waals surface area (Å²) in [6.07, 6.45) is 8.29. The zero-order valence-electron chi connectivity index (χ0n) is 11.1. The summed E-state index contributed by atoms with van der Waals surface area (Å²) in [6.45, 7) is 0.940. The molecule has 5 nitrogen and oxygen atoms in total. The summed E-state index contributed by atoms with van der Waals surface area (Å²) >= 11 is 0. The minimum atomic E-state index is -0.0114. The Bertz CT molecular complexity index is 401. The number of likely N-dealkylation sites (N-methyl/N-ethyl adjacent to an activating group) is 1. The molecule has 1 fully saturated rings. The van der Waals surface area contributed by atoms with Gasteiger partial charge >= 0.3 is 0 Å². The van der Waals surface area contributed by atoms with Crippen molar-refractivity contribution in [2.75, 3.05) is 13.6 Å². The van der Waals surface area contributed by atoms with Crippen molar-refractivity contribution in [1.29, 1.82) is 0 Å². The molecule has 18 heavy (non-hydrogen) atoms. The van der Waals surface area contributed by atoms with E-state index in [0.717, 1.165) is 32.2 Å². The van der Waals surface area contributed by atoms with E-state index in [1.807, 2.05) is 17.9 Å². The Labute approximate surface area is 108 Å². The molecular weight excluding hydrogens is 228 g/mol. The molecule has 0 saturated carbocycles. The molecule has 1 aliphatic heterocycles. The quantitative estimate of drug-likeness (QED) is 0.816. The van der Waals surface area contributed by atoms with Gasteiger partial charge in [-0.05, 0) is 43.7 Å². The van der Waals surface area contributed by atoms with Crippen LogP contribution >= 0.6 is 0 Å². The van der Waals surface area contributed by atoms with E-state index in [-0.39, 0.29) is 11.9 Å². The lowest BCUT2D eigenvalue weighted by molar-refractivity contribution is -0.123. The summed E-state index contributed by atoms with van der Waals surface area (Å²) in [4.78, 5) is 11.6. The van der Waals surface area contributed by atoms with Crippen LogP contribution in [-0.2, 0) is 18.3 Å². The minimum Gasteiger partial charge on any atom is -0.358 e. The largest absolute Gasteiger partial charge is 0.358 e. The number of amides is 1. The van der Waals surface area contributed by atoms with E-state index >= 15 is 0 Å². The molecule has 1 saturated heterocycles. The second-order valence-electron chi connectivity index (χ2n) is 5.07. The Kier molecular flexibility index (Phi) is 4.36. The van der Waals surface area contributed by atoms with Gasteiger partial charge in [0.2, 0.25) is 5.91 Å². The fraction of sp³-hybridized carbons (Fsp3) is 0.692. The molecule has 2 atom stereocenters. The van der Waals surface area contributed by atoms with Crippen LogP contribution in [0, 0.1) is 5.92 Å². The lowest BCUT2D eigenvalue weighted by atomic mass is 9.87. The first kappa shape index (κ1) is 13.1. The monoisotopic (exact) mass is 250 g/mol. The average molecular weight is 250 g/mol. The Morgan fingerprint density at radius 3 is 3.17 bits per heavy atom. The SMILES string of the molecule is CNC(=O)C1CC(CCc2cnn(C)c2)CCN1. The van der Waals surface area contributed by atoms with Crippen LogP contribution in [0.25, 0.3) is 0 Å². The lowest BCUT2D eigenvalue weighted by Crippen LogP contribution is -2.47. The fourth-order valence-electron chi connectivity index (χ4n) is 2.60. The van der Waals surface area contributed by atoms with E-state index in [1.165, 1.54) is 5.56 Å². The van der Waals surface area contributed by atoms with Crippen molar-refractivity contribution < 1.29 is 4.79 Å². The van der Waals surface area contributed by atoms with Gasteiger partial charge in [-0.1, -0.05) is 0 Å². The lowest BCUT2D eigenvalue weighted by Gasteiger charge is -2.29. The summed E-state index contributed by atoms with van der Waals surface area (Å²) in [5.41, 5.74) is 1.28. The van der Waals surface area contributed by atoms with Crippen LogP contribution in [0.15, 0.2) is 12.4 Å². The topological polar surface area (TPSA) is 59.0 Å². The maximum atomic E-state index is 11.6. The molecule has 1 aromatic heterocycles. The number of nitrogens with zero attached hydrogens (tertiary/aromatic N) is 2. The van der Waals surface area contributed by atoms with Crippen LogP contribution in [0.3, 0.4) is 0 Å². The Morgan fingerprint density at radius 2 is 2.50 bits per heavy atom. The second-order valence-corrected chi connectivity index (χ2v) is 5.07. The number of carbonyl (C=O) groups is 1. The van der Waals surface area contributed by atoms with Crippen LogP contribution in [0.2, 0.25) is 0 Å². The van der Waals surface area contributed by atoms with Gasteiger partial charge < -0.3 is 10.6 Å². The molecule has 5 heteroatoms. The predicted molar refractivity (Wildman–Crippen MR) is 70.1 cm³/mol. The zero-order valence-corrected chi connectivity index (χ0v) is 11.1. The average Bonchev–Trinajstić information content (AvgIpc) is 2.81. The molecule has 0 aliphatic carbocycles. The third-order valence-electron chi connectivity index (χ3n) is 3.67. The normalized spacial score (nSPS) is 23.9. The Morgan fingerprint density at radius 1 is 1.67 bits per heavy atom. The highest BCUT2D eigenvalue weighted by atomic mass is 16.2. The smallest absolute Gasteiger partial charge is 0.236 e. The van der Waals surface area contributed by atoms with Crippen molar-refractivity contribution in [2.45, 2.75) is 31.7 Å². The van der Waals surface area contributed by atoms with Crippen LogP contribution < -0.4 is 10.6 Å². The van der Waals surface area contributed by atoms with E-state index in [0.29, 0.717) is 5.92 Å². The molecule has 2 N–H and O–H groups in total. The molecule has 100 valence electrons. The number of aryl methyl sites for hydroxylation is 2. The maximum Gasteiger partial charge on any atom is 0.236 e. The van der Waals surface area contributed by atoms with Crippen molar-refractivity contribution in [3.05, 3.63) is 18.0 Å². The number of carbonyl (C=O) groups excluding carboxylic acids is 1. The zero-order chi connectivity index (χ0) is 13.0. The predicted octanol–water partition coefficient (Wildman–Crippen LogP) is 0.467. The molecule has 1 aromatic rings. The summed E-state index contributed by atoms with van der Waals surface area (Å²) in [6, 6.07) is -0.0114. The van der Waals surface area contributed by atoms with Gasteiger partial charge in [0.05, 0.1) is 12.2 Å². The van der Waals surface area contributed by atoms with Crippen molar-refractivity contribution in [1.82, 2.24) is 20.4 Å². The molecule has 1 amide bonds. The number of hydrogen-bond acceptors (Lipinski definition) is 3. The van der Waals surface area contributed by atoms with Gasteiger partial charge in [0.1, 0.15) is 0 Å². The molecule has 2 unspecified atom stereocenters. The standard InChI is InChI=1S/C13H22N4O/c1-14-13(18)12-7-10(5-6-15-12)3-4-11-8-16-17(2)9-11/h8-10,12,15H,3-7H2,1-2H3,(H,14,18). The molecule has 0 radical (unpaired) electrons. The van der Waals surface area contributed by atoms with Crippen LogP contribution in [0.4, 0.5) is 0 Å². The third kappa shape index (κ3) is 3.32. The first-order valence-corrected chi connectivity index (χ1v) is 6.61. The Hall–Kier alpha value is -1.36. The van der Waals surface area contributed by atoms with E-state index in [4.69, 9.17) is 0 Å². The number of rotatable bonds is 4. The van der Waals surface area contributed by atoms with Crippen LogP contribution in [-0.4, -0.2) is 35.3 Å². The summed E-state index contributed by atoms with van der Waals surface area (Å²) in [5, 5.41) is 10.2. The number of nitrogens with one attached hydrogen (secondary N) is 2. The van der Waals surface area contributed by atoms with Crippen LogP contribution in [0.5, 0.6) is 0 Å². The highest BCUT2D eigenvalue weighted by Gasteiger charge is 2.25. The minimum absolute atomic E-state index is 0.0114. The first-order chi connectivity index (χ1) is 8.69. The van der Waals surface area contributed by atoms with Crippen molar-refractivity contribution in [2.24, 2.45) is 13.0 Å². The number of aromatic nitrogens is 2. The molecule has 2 rings (SSSR count). The molecular formula is C13H22N4O. The van der Waals surface area contributed by atoms with Crippen molar-refractivity contribution in [3.8, 4) is 0 Å². The van der Waals surface area contributed by atoms with Crippen molar-refractivity contribution >= 4 is 5.91 Å². The van der Waals surface area contributed by atoms with E-state index < -0.39 is 0 Å². The first-order valence-electron chi connectivity index (χ1n) is 6.61. The molecule has 0 aromatic carbocycles. The van der Waals surface area contributed by atoms with Crippen LogP contribution in [0.1, 0.15) is 24.8 Å². The van der Waals surface area contributed by atoms with E-state index in [1.54, 1.807) is 7.05 Å².